The first kappa shape index (κ1) is 18.0. The number of thioether (sulfide) groups is 1. The lowest BCUT2D eigenvalue weighted by atomic mass is 10.2. The molecule has 2 aromatic heterocycles. The Labute approximate surface area is 157 Å². The summed E-state index contributed by atoms with van der Waals surface area (Å²) < 4.78 is 1.52. The molecule has 3 rings (SSSR count). The second kappa shape index (κ2) is 6.82. The van der Waals surface area contributed by atoms with Crippen molar-refractivity contribution >= 4 is 50.8 Å². The van der Waals surface area contributed by atoms with E-state index < -0.39 is 11.2 Å². The highest BCUT2D eigenvalue weighted by atomic mass is 35.5. The number of nitrogens with two attached hydrogens (primary N) is 1. The largest absolute Gasteiger partial charge is 0.369 e. The first-order valence-electron chi connectivity index (χ1n) is 7.54. The number of halogens is 1. The highest BCUT2D eigenvalue weighted by Gasteiger charge is 2.21. The number of rotatable bonds is 4. The van der Waals surface area contributed by atoms with Crippen LogP contribution in [-0.4, -0.2) is 20.7 Å². The molecule has 0 aliphatic heterocycles. The molecule has 130 valence electrons. The van der Waals surface area contributed by atoms with Gasteiger partial charge >= 0.3 is 0 Å². The lowest BCUT2D eigenvalue weighted by Gasteiger charge is -2.14. The van der Waals surface area contributed by atoms with Crippen LogP contribution >= 0.6 is 34.7 Å². The average molecular weight is 394 g/mol. The number of primary amides is 1. The van der Waals surface area contributed by atoms with Gasteiger partial charge in [0.2, 0.25) is 5.91 Å². The average Bonchev–Trinajstić information content (AvgIpc) is 2.83. The van der Waals surface area contributed by atoms with E-state index in [1.165, 1.54) is 27.7 Å². The van der Waals surface area contributed by atoms with Crippen molar-refractivity contribution < 1.29 is 4.79 Å². The minimum absolute atomic E-state index is 0.159. The predicted molar refractivity (Wildman–Crippen MR) is 104 cm³/mol. The third-order valence-corrected chi connectivity index (χ3v) is 6.36. The number of nitrogens with zero attached hydrogens (tertiary/aromatic N) is 2. The van der Waals surface area contributed by atoms with Crippen LogP contribution in [0.1, 0.15) is 17.4 Å². The first-order chi connectivity index (χ1) is 11.8. The minimum Gasteiger partial charge on any atom is -0.369 e. The highest BCUT2D eigenvalue weighted by Crippen LogP contribution is 2.31. The number of fused-ring (bicyclic) bond motifs is 1. The molecule has 3 aromatic rings. The number of aryl methyl sites for hydroxylation is 2. The molecule has 1 amide bonds. The van der Waals surface area contributed by atoms with Gasteiger partial charge in [0.25, 0.3) is 5.56 Å². The minimum atomic E-state index is -0.509. The van der Waals surface area contributed by atoms with E-state index in [1.807, 2.05) is 13.8 Å². The fourth-order valence-corrected chi connectivity index (χ4v) is 4.46. The maximum absolute atomic E-state index is 13.2. The Kier molecular flexibility index (Phi) is 4.90. The van der Waals surface area contributed by atoms with Gasteiger partial charge in [0.15, 0.2) is 5.16 Å². The molecule has 25 heavy (non-hydrogen) atoms. The molecule has 0 saturated heterocycles. The quantitative estimate of drug-likeness (QED) is 0.541. The van der Waals surface area contributed by atoms with E-state index in [2.05, 4.69) is 4.98 Å². The Hall–Kier alpha value is -1.83. The summed E-state index contributed by atoms with van der Waals surface area (Å²) in [6.45, 7) is 5.58. The molecule has 2 N–H and O–H groups in total. The number of hydrogen-bond acceptors (Lipinski definition) is 5. The zero-order valence-corrected chi connectivity index (χ0v) is 16.3. The van der Waals surface area contributed by atoms with Crippen molar-refractivity contribution in [1.82, 2.24) is 9.55 Å². The van der Waals surface area contributed by atoms with Gasteiger partial charge in [0.1, 0.15) is 4.83 Å². The van der Waals surface area contributed by atoms with E-state index in [0.717, 1.165) is 10.4 Å². The molecule has 1 aromatic carbocycles. The zero-order chi connectivity index (χ0) is 18.3. The molecule has 8 heteroatoms. The summed E-state index contributed by atoms with van der Waals surface area (Å²) >= 11 is 8.61. The van der Waals surface area contributed by atoms with Gasteiger partial charge in [-0.1, -0.05) is 23.4 Å². The number of hydrogen-bond donors (Lipinski definition) is 1. The molecule has 1 unspecified atom stereocenters. The molecular weight excluding hydrogens is 378 g/mol. The summed E-state index contributed by atoms with van der Waals surface area (Å²) in [7, 11) is 0. The van der Waals surface area contributed by atoms with Gasteiger partial charge in [-0.2, -0.15) is 0 Å². The van der Waals surface area contributed by atoms with Crippen LogP contribution in [-0.2, 0) is 4.79 Å². The van der Waals surface area contributed by atoms with Crippen LogP contribution < -0.4 is 11.3 Å². The SMILES string of the molecule is Cc1sc2nc(SC(C)C(N)=O)n(-c3ccc(Cl)cc3)c(=O)c2c1C. The monoisotopic (exact) mass is 393 g/mol. The van der Waals surface area contributed by atoms with Crippen molar-refractivity contribution in [2.45, 2.75) is 31.2 Å². The lowest BCUT2D eigenvalue weighted by molar-refractivity contribution is -0.117. The van der Waals surface area contributed by atoms with E-state index in [-0.39, 0.29) is 5.56 Å². The van der Waals surface area contributed by atoms with E-state index in [4.69, 9.17) is 17.3 Å². The smallest absolute Gasteiger partial charge is 0.267 e. The maximum atomic E-state index is 13.2. The van der Waals surface area contributed by atoms with Crippen LogP contribution in [0.15, 0.2) is 34.2 Å². The number of aromatic nitrogens is 2. The summed E-state index contributed by atoms with van der Waals surface area (Å²) in [6, 6.07) is 6.94. The molecule has 0 bridgehead atoms. The molecule has 1 atom stereocenters. The molecule has 0 spiro atoms. The lowest BCUT2D eigenvalue weighted by Crippen LogP contribution is -2.26. The Balaban J connectivity index is 2.31. The summed E-state index contributed by atoms with van der Waals surface area (Å²) in [5, 5.41) is 1.11. The molecule has 0 aliphatic rings. The van der Waals surface area contributed by atoms with Crippen molar-refractivity contribution in [2.24, 2.45) is 5.73 Å². The normalized spacial score (nSPS) is 12.5. The van der Waals surface area contributed by atoms with Gasteiger partial charge in [-0.05, 0) is 50.6 Å². The Morgan fingerprint density at radius 2 is 1.96 bits per heavy atom. The molecule has 5 nitrogen and oxygen atoms in total. The molecule has 0 radical (unpaired) electrons. The number of amides is 1. The number of thiophene rings is 1. The van der Waals surface area contributed by atoms with Gasteiger partial charge < -0.3 is 5.73 Å². The Morgan fingerprint density at radius 1 is 1.32 bits per heavy atom. The van der Waals surface area contributed by atoms with Crippen molar-refractivity contribution in [2.75, 3.05) is 0 Å². The van der Waals surface area contributed by atoms with Gasteiger partial charge in [0, 0.05) is 9.90 Å². The molecule has 0 fully saturated rings. The Morgan fingerprint density at radius 3 is 2.56 bits per heavy atom. The molecular formula is C17H16ClN3O2S2. The number of carbonyl (C=O) groups excluding carboxylic acids is 1. The number of carbonyl (C=O) groups is 1. The van der Waals surface area contributed by atoms with Crippen LogP contribution in [0.2, 0.25) is 5.02 Å². The van der Waals surface area contributed by atoms with Gasteiger partial charge in [-0.15, -0.1) is 11.3 Å². The molecule has 0 saturated carbocycles. The van der Waals surface area contributed by atoms with Crippen molar-refractivity contribution in [3.8, 4) is 5.69 Å². The maximum Gasteiger partial charge on any atom is 0.267 e. The molecule has 2 heterocycles. The van der Waals surface area contributed by atoms with Crippen molar-refractivity contribution in [3.63, 3.8) is 0 Å². The highest BCUT2D eigenvalue weighted by molar-refractivity contribution is 8.00. The number of benzene rings is 1. The summed E-state index contributed by atoms with van der Waals surface area (Å²) in [6.07, 6.45) is 0. The van der Waals surface area contributed by atoms with Crippen molar-refractivity contribution in [1.29, 1.82) is 0 Å². The van der Waals surface area contributed by atoms with Crippen LogP contribution in [0.5, 0.6) is 0 Å². The van der Waals surface area contributed by atoms with E-state index in [1.54, 1.807) is 31.2 Å². The van der Waals surface area contributed by atoms with E-state index in [9.17, 15) is 9.59 Å². The van der Waals surface area contributed by atoms with E-state index >= 15 is 0 Å². The first-order valence-corrected chi connectivity index (χ1v) is 9.61. The van der Waals surface area contributed by atoms with Crippen LogP contribution in [0.25, 0.3) is 15.9 Å². The van der Waals surface area contributed by atoms with Gasteiger partial charge in [-0.3, -0.25) is 14.2 Å². The third-order valence-electron chi connectivity index (χ3n) is 3.94. The standard InChI is InChI=1S/C17H16ClN3O2S2/c1-8-9(2)24-15-13(8)16(23)21(12-6-4-11(18)5-7-12)17(20-15)25-10(3)14(19)22/h4-7,10H,1-3H3,(H2,19,22). The second-order valence-corrected chi connectivity index (χ2v) is 8.58. The van der Waals surface area contributed by atoms with Crippen LogP contribution in [0, 0.1) is 13.8 Å². The fraction of sp³-hybridized carbons (Fsp3) is 0.235. The summed E-state index contributed by atoms with van der Waals surface area (Å²) in [5.74, 6) is -0.458. The second-order valence-electron chi connectivity index (χ2n) is 5.64. The molecule has 0 aliphatic carbocycles. The predicted octanol–water partition coefficient (Wildman–Crippen LogP) is 3.68. The Bertz CT molecular complexity index is 1030. The van der Waals surface area contributed by atoms with Gasteiger partial charge in [-0.25, -0.2) is 4.98 Å². The third kappa shape index (κ3) is 3.31. The van der Waals surface area contributed by atoms with E-state index in [0.29, 0.717) is 26.1 Å². The van der Waals surface area contributed by atoms with Crippen LogP contribution in [0.4, 0.5) is 0 Å². The van der Waals surface area contributed by atoms with Crippen molar-refractivity contribution in [3.05, 3.63) is 50.1 Å². The summed E-state index contributed by atoms with van der Waals surface area (Å²) in [4.78, 5) is 31.0. The van der Waals surface area contributed by atoms with Gasteiger partial charge in [0.05, 0.1) is 16.3 Å². The fourth-order valence-electron chi connectivity index (χ4n) is 2.39. The summed E-state index contributed by atoms with van der Waals surface area (Å²) in [5.41, 5.74) is 6.80. The van der Waals surface area contributed by atoms with Crippen LogP contribution in [0.3, 0.4) is 0 Å². The topological polar surface area (TPSA) is 78.0 Å². The zero-order valence-electron chi connectivity index (χ0n) is 13.9.